The highest BCUT2D eigenvalue weighted by atomic mass is 16.5. The predicted octanol–water partition coefficient (Wildman–Crippen LogP) is 20.1. The maximum Gasteiger partial charge on any atom is 0.305 e. The molecule has 0 aliphatic carbocycles. The lowest BCUT2D eigenvalue weighted by Crippen LogP contribution is -2.05. The average molecular weight is 789 g/mol. The van der Waals surface area contributed by atoms with Crippen LogP contribution < -0.4 is 0 Å². The van der Waals surface area contributed by atoms with Crippen molar-refractivity contribution in [2.24, 2.45) is 0 Å². The fourth-order valence-corrected chi connectivity index (χ4v) is 8.73. The van der Waals surface area contributed by atoms with Crippen molar-refractivity contribution in [1.82, 2.24) is 0 Å². The van der Waals surface area contributed by atoms with Crippen molar-refractivity contribution in [2.75, 3.05) is 6.61 Å². The van der Waals surface area contributed by atoms with Crippen LogP contribution in [0.5, 0.6) is 0 Å². The molecule has 0 spiro atoms. The molecule has 0 saturated carbocycles. The first-order valence-corrected chi connectivity index (χ1v) is 27.0. The summed E-state index contributed by atoms with van der Waals surface area (Å²) >= 11 is 0. The van der Waals surface area contributed by atoms with E-state index in [4.69, 9.17) is 4.74 Å². The van der Waals surface area contributed by atoms with Crippen molar-refractivity contribution in [3.8, 4) is 0 Å². The summed E-state index contributed by atoms with van der Waals surface area (Å²) < 4.78 is 5.49. The minimum Gasteiger partial charge on any atom is -0.466 e. The Morgan fingerprint density at radius 2 is 0.393 bits per heavy atom. The Morgan fingerprint density at radius 3 is 0.589 bits per heavy atom. The topological polar surface area (TPSA) is 26.3 Å². The van der Waals surface area contributed by atoms with E-state index >= 15 is 0 Å². The Hall–Kier alpha value is -0.530. The van der Waals surface area contributed by atoms with Gasteiger partial charge in [-0.25, -0.2) is 0 Å². The Balaban J connectivity index is 3.13. The number of hydrogen-bond acceptors (Lipinski definition) is 2. The van der Waals surface area contributed by atoms with Gasteiger partial charge in [0.15, 0.2) is 0 Å². The largest absolute Gasteiger partial charge is 0.466 e. The molecule has 0 unspecified atom stereocenters. The van der Waals surface area contributed by atoms with Crippen molar-refractivity contribution >= 4 is 5.97 Å². The lowest BCUT2D eigenvalue weighted by Gasteiger charge is -2.06. The van der Waals surface area contributed by atoms with Gasteiger partial charge in [0.25, 0.3) is 0 Å². The molecule has 0 aliphatic heterocycles. The summed E-state index contributed by atoms with van der Waals surface area (Å²) in [6.45, 7) is 5.24. The van der Waals surface area contributed by atoms with Crippen LogP contribution in [0.15, 0.2) is 0 Å². The summed E-state index contributed by atoms with van der Waals surface area (Å²) in [6, 6.07) is 0. The third kappa shape index (κ3) is 51.5. The zero-order chi connectivity index (χ0) is 40.3. The van der Waals surface area contributed by atoms with Gasteiger partial charge in [-0.1, -0.05) is 316 Å². The van der Waals surface area contributed by atoms with Crippen LogP contribution in [0.3, 0.4) is 0 Å². The van der Waals surface area contributed by atoms with E-state index < -0.39 is 0 Å². The van der Waals surface area contributed by atoms with Gasteiger partial charge in [-0.2, -0.15) is 0 Å². The van der Waals surface area contributed by atoms with Crippen LogP contribution in [0.2, 0.25) is 0 Å². The molecule has 0 aromatic rings. The number of unbranched alkanes of at least 4 members (excludes halogenated alkanes) is 47. The Labute approximate surface area is 355 Å². The predicted molar refractivity (Wildman–Crippen MR) is 253 cm³/mol. The second-order valence-electron chi connectivity index (χ2n) is 18.6. The van der Waals surface area contributed by atoms with Gasteiger partial charge in [0, 0.05) is 6.42 Å². The second-order valence-corrected chi connectivity index (χ2v) is 18.6. The number of hydrogen-bond donors (Lipinski definition) is 0. The molecule has 0 saturated heterocycles. The molecule has 0 rings (SSSR count). The van der Waals surface area contributed by atoms with E-state index in [1.807, 2.05) is 0 Å². The Bertz CT molecular complexity index is 688. The molecule has 0 N–H and O–H groups in total. The summed E-state index contributed by atoms with van der Waals surface area (Å²) in [5.74, 6) is 0.0336. The van der Waals surface area contributed by atoms with Crippen LogP contribution >= 0.6 is 0 Å². The van der Waals surface area contributed by atoms with Gasteiger partial charge in [0.05, 0.1) is 6.61 Å². The quantitative estimate of drug-likeness (QED) is 0.0453. The maximum absolute atomic E-state index is 12.0. The molecule has 0 atom stereocenters. The summed E-state index contributed by atoms with van der Waals surface area (Å²) in [6.07, 6.45) is 69.9. The smallest absolute Gasteiger partial charge is 0.305 e. The van der Waals surface area contributed by atoms with Gasteiger partial charge in [-0.15, -0.1) is 0 Å². The summed E-state index contributed by atoms with van der Waals surface area (Å²) in [5, 5.41) is 0. The highest BCUT2D eigenvalue weighted by molar-refractivity contribution is 5.69. The summed E-state index contributed by atoms with van der Waals surface area (Å²) in [4.78, 5) is 12.0. The van der Waals surface area contributed by atoms with Crippen LogP contribution in [0.1, 0.15) is 335 Å². The highest BCUT2D eigenvalue weighted by Crippen LogP contribution is 2.18. The fourth-order valence-electron chi connectivity index (χ4n) is 8.73. The number of ether oxygens (including phenoxy) is 1. The molecule has 0 heterocycles. The van der Waals surface area contributed by atoms with Crippen molar-refractivity contribution < 1.29 is 9.53 Å². The number of rotatable bonds is 51. The summed E-state index contributed by atoms with van der Waals surface area (Å²) in [7, 11) is 0. The van der Waals surface area contributed by atoms with E-state index in [0.29, 0.717) is 13.0 Å². The maximum atomic E-state index is 12.0. The van der Waals surface area contributed by atoms with Gasteiger partial charge in [-0.3, -0.25) is 4.79 Å². The molecular formula is C54H108O2. The molecule has 56 heavy (non-hydrogen) atoms. The summed E-state index contributed by atoms with van der Waals surface area (Å²) in [5.41, 5.74) is 0. The molecule has 2 nitrogen and oxygen atoms in total. The lowest BCUT2D eigenvalue weighted by atomic mass is 10.0. The molecule has 0 aromatic carbocycles. The van der Waals surface area contributed by atoms with Gasteiger partial charge in [0.1, 0.15) is 0 Å². The van der Waals surface area contributed by atoms with Crippen molar-refractivity contribution in [3.63, 3.8) is 0 Å². The SMILES string of the molecule is CCCCCCCCCCCCCCCCCCCCCCCCCCCCCCCCCCCCC(=O)OCCCCCCCCCCCCCCCCC. The molecule has 0 radical (unpaired) electrons. The molecule has 0 bridgehead atoms. The van der Waals surface area contributed by atoms with Crippen LogP contribution in [-0.4, -0.2) is 12.6 Å². The van der Waals surface area contributed by atoms with E-state index in [2.05, 4.69) is 13.8 Å². The Kier molecular flexibility index (Phi) is 52.0. The molecule has 2 heteroatoms. The molecule has 0 amide bonds. The minimum absolute atomic E-state index is 0.0336. The molecular weight excluding hydrogens is 681 g/mol. The monoisotopic (exact) mass is 789 g/mol. The highest BCUT2D eigenvalue weighted by Gasteiger charge is 2.03. The van der Waals surface area contributed by atoms with Crippen LogP contribution in [0, 0.1) is 0 Å². The van der Waals surface area contributed by atoms with Gasteiger partial charge in [0.2, 0.25) is 0 Å². The van der Waals surface area contributed by atoms with Crippen LogP contribution in [0.4, 0.5) is 0 Å². The van der Waals surface area contributed by atoms with Gasteiger partial charge < -0.3 is 4.74 Å². The average Bonchev–Trinajstić information content (AvgIpc) is 3.20. The van der Waals surface area contributed by atoms with Gasteiger partial charge in [-0.05, 0) is 12.8 Å². The number of carbonyl (C=O) groups excluding carboxylic acids is 1. The second kappa shape index (κ2) is 52.5. The number of esters is 1. The Morgan fingerprint density at radius 1 is 0.232 bits per heavy atom. The third-order valence-corrected chi connectivity index (χ3v) is 12.7. The standard InChI is InChI=1S/C54H108O2/c1-3-5-7-9-11-13-15-17-19-20-21-22-23-24-25-26-27-28-29-30-31-32-33-34-35-36-37-38-40-42-44-46-48-50-52-54(55)56-53-51-49-47-45-43-41-39-18-16-14-12-10-8-6-4-2/h3-53H2,1-2H3. The molecule has 0 aromatic heterocycles. The van der Waals surface area contributed by atoms with E-state index in [1.54, 1.807) is 0 Å². The fraction of sp³-hybridized carbons (Fsp3) is 0.981. The zero-order valence-electron chi connectivity index (χ0n) is 39.4. The lowest BCUT2D eigenvalue weighted by molar-refractivity contribution is -0.143. The third-order valence-electron chi connectivity index (χ3n) is 12.7. The molecule has 0 fully saturated rings. The van der Waals surface area contributed by atoms with E-state index in [0.717, 1.165) is 12.8 Å². The van der Waals surface area contributed by atoms with Crippen LogP contribution in [-0.2, 0) is 9.53 Å². The molecule has 336 valence electrons. The van der Waals surface area contributed by atoms with Crippen LogP contribution in [0.25, 0.3) is 0 Å². The first-order chi connectivity index (χ1) is 27.8. The van der Waals surface area contributed by atoms with E-state index in [-0.39, 0.29) is 5.97 Å². The zero-order valence-corrected chi connectivity index (χ0v) is 39.4. The van der Waals surface area contributed by atoms with Gasteiger partial charge >= 0.3 is 5.97 Å². The van der Waals surface area contributed by atoms with Crippen molar-refractivity contribution in [3.05, 3.63) is 0 Å². The first kappa shape index (κ1) is 55.5. The van der Waals surface area contributed by atoms with E-state index in [9.17, 15) is 4.79 Å². The first-order valence-electron chi connectivity index (χ1n) is 27.0. The van der Waals surface area contributed by atoms with Crippen molar-refractivity contribution in [2.45, 2.75) is 335 Å². The van der Waals surface area contributed by atoms with Crippen molar-refractivity contribution in [1.29, 1.82) is 0 Å². The number of carbonyl (C=O) groups is 1. The van der Waals surface area contributed by atoms with E-state index in [1.165, 1.54) is 302 Å². The molecule has 0 aliphatic rings. The minimum atomic E-state index is 0.0336. The normalized spacial score (nSPS) is 11.5.